The predicted molar refractivity (Wildman–Crippen MR) is 142 cm³/mol. The number of nitrogens with zero attached hydrogens (tertiary/aromatic N) is 5. The van der Waals surface area contributed by atoms with E-state index in [1.807, 2.05) is 36.7 Å². The molecule has 1 N–H and O–H groups in total. The SMILES string of the molecule is CC(N1CCC(Nc2ccc(-n3ccc4cc(C(=O)N(C)C)ccc43)nc2)CC1)N1CC2CC(C1)O2. The molecular weight excluding hydrogens is 452 g/mol. The molecule has 3 unspecified atom stereocenters. The van der Waals surface area contributed by atoms with Crippen molar-refractivity contribution in [1.29, 1.82) is 0 Å². The van der Waals surface area contributed by atoms with Crippen LogP contribution in [0.1, 0.15) is 36.5 Å². The third-order valence-electron chi connectivity index (χ3n) is 8.08. The molecule has 0 spiro atoms. The third-order valence-corrected chi connectivity index (χ3v) is 8.08. The molecule has 0 saturated carbocycles. The maximum Gasteiger partial charge on any atom is 0.253 e. The van der Waals surface area contributed by atoms with Crippen LogP contribution >= 0.6 is 0 Å². The summed E-state index contributed by atoms with van der Waals surface area (Å²) in [5.74, 6) is 0.880. The van der Waals surface area contributed by atoms with E-state index in [4.69, 9.17) is 9.72 Å². The van der Waals surface area contributed by atoms with Crippen LogP contribution in [0, 0.1) is 0 Å². The van der Waals surface area contributed by atoms with E-state index in [2.05, 4.69) is 38.7 Å². The lowest BCUT2D eigenvalue weighted by Gasteiger charge is -2.51. The van der Waals surface area contributed by atoms with E-state index in [-0.39, 0.29) is 5.91 Å². The fourth-order valence-corrected chi connectivity index (χ4v) is 5.92. The number of nitrogens with one attached hydrogen (secondary N) is 1. The van der Waals surface area contributed by atoms with E-state index >= 15 is 0 Å². The van der Waals surface area contributed by atoms with Gasteiger partial charge in [0.25, 0.3) is 5.91 Å². The number of piperidine rings is 2. The lowest BCUT2D eigenvalue weighted by atomic mass is 9.97. The number of hydrogen-bond donors (Lipinski definition) is 1. The minimum atomic E-state index is 0.0102. The Balaban J connectivity index is 1.06. The van der Waals surface area contributed by atoms with Crippen molar-refractivity contribution in [2.45, 2.75) is 50.6 Å². The van der Waals surface area contributed by atoms with Crippen molar-refractivity contribution in [2.24, 2.45) is 0 Å². The number of benzene rings is 1. The third kappa shape index (κ3) is 4.49. The van der Waals surface area contributed by atoms with Crippen LogP contribution in [0.5, 0.6) is 0 Å². The average Bonchev–Trinajstić information content (AvgIpc) is 3.31. The van der Waals surface area contributed by atoms with Crippen molar-refractivity contribution in [2.75, 3.05) is 45.6 Å². The van der Waals surface area contributed by atoms with Crippen molar-refractivity contribution < 1.29 is 9.53 Å². The molecule has 190 valence electrons. The summed E-state index contributed by atoms with van der Waals surface area (Å²) in [5.41, 5.74) is 2.80. The smallest absolute Gasteiger partial charge is 0.253 e. The zero-order chi connectivity index (χ0) is 24.8. The fraction of sp³-hybridized carbons (Fsp3) is 0.500. The molecule has 3 aromatic rings. The van der Waals surface area contributed by atoms with Gasteiger partial charge in [-0.15, -0.1) is 0 Å². The zero-order valence-corrected chi connectivity index (χ0v) is 21.4. The maximum atomic E-state index is 12.3. The molecule has 1 amide bonds. The summed E-state index contributed by atoms with van der Waals surface area (Å²) in [6, 6.07) is 12.5. The number of carbonyl (C=O) groups is 1. The first-order valence-electron chi connectivity index (χ1n) is 13.1. The van der Waals surface area contributed by atoms with Crippen LogP contribution in [0.25, 0.3) is 16.7 Å². The number of ether oxygens (including phenoxy) is 1. The molecule has 36 heavy (non-hydrogen) atoms. The van der Waals surface area contributed by atoms with Crippen LogP contribution in [0.3, 0.4) is 0 Å². The number of amides is 1. The zero-order valence-electron chi connectivity index (χ0n) is 21.4. The minimum absolute atomic E-state index is 0.0102. The Morgan fingerprint density at radius 3 is 2.50 bits per heavy atom. The van der Waals surface area contributed by atoms with E-state index < -0.39 is 0 Å². The number of rotatable bonds is 6. The highest BCUT2D eigenvalue weighted by Crippen LogP contribution is 2.30. The van der Waals surface area contributed by atoms with Gasteiger partial charge < -0.3 is 19.5 Å². The van der Waals surface area contributed by atoms with Gasteiger partial charge in [-0.1, -0.05) is 0 Å². The largest absolute Gasteiger partial charge is 0.381 e. The normalized spacial score (nSPS) is 23.9. The lowest BCUT2D eigenvalue weighted by Crippen LogP contribution is -2.63. The van der Waals surface area contributed by atoms with Crippen LogP contribution in [0.4, 0.5) is 5.69 Å². The highest BCUT2D eigenvalue weighted by Gasteiger charge is 2.41. The van der Waals surface area contributed by atoms with E-state index in [0.29, 0.717) is 30.0 Å². The van der Waals surface area contributed by atoms with Crippen LogP contribution in [-0.2, 0) is 4.74 Å². The van der Waals surface area contributed by atoms with Crippen molar-refractivity contribution in [3.63, 3.8) is 0 Å². The minimum Gasteiger partial charge on any atom is -0.381 e. The van der Waals surface area contributed by atoms with Gasteiger partial charge in [0.05, 0.1) is 35.8 Å². The number of fused-ring (bicyclic) bond motifs is 3. The number of morpholine rings is 1. The number of likely N-dealkylation sites (tertiary alicyclic amines) is 1. The molecule has 4 fully saturated rings. The van der Waals surface area contributed by atoms with E-state index in [1.54, 1.807) is 19.0 Å². The first kappa shape index (κ1) is 23.5. The summed E-state index contributed by atoms with van der Waals surface area (Å²) in [4.78, 5) is 23.9. The van der Waals surface area contributed by atoms with Crippen LogP contribution < -0.4 is 5.32 Å². The van der Waals surface area contributed by atoms with Gasteiger partial charge in [-0.05, 0) is 56.2 Å². The predicted octanol–water partition coefficient (Wildman–Crippen LogP) is 3.42. The summed E-state index contributed by atoms with van der Waals surface area (Å²) >= 11 is 0. The molecule has 2 bridgehead atoms. The van der Waals surface area contributed by atoms with Crippen molar-refractivity contribution in [1.82, 2.24) is 24.3 Å². The van der Waals surface area contributed by atoms with Gasteiger partial charge >= 0.3 is 0 Å². The van der Waals surface area contributed by atoms with Gasteiger partial charge in [0.2, 0.25) is 0 Å². The van der Waals surface area contributed by atoms with E-state index in [1.165, 1.54) is 6.42 Å². The summed E-state index contributed by atoms with van der Waals surface area (Å²) in [6.07, 6.45) is 8.90. The molecule has 0 aliphatic carbocycles. The molecule has 7 rings (SSSR count). The molecule has 8 nitrogen and oxygen atoms in total. The number of carbonyl (C=O) groups excluding carboxylic acids is 1. The molecule has 3 atom stereocenters. The van der Waals surface area contributed by atoms with Crippen LogP contribution in [0.15, 0.2) is 48.8 Å². The maximum absolute atomic E-state index is 12.3. The Labute approximate surface area is 212 Å². The molecule has 1 aromatic carbocycles. The number of anilines is 1. The Morgan fingerprint density at radius 2 is 1.83 bits per heavy atom. The van der Waals surface area contributed by atoms with Gasteiger partial charge in [-0.25, -0.2) is 4.98 Å². The van der Waals surface area contributed by atoms with Crippen LogP contribution in [0.2, 0.25) is 0 Å². The summed E-state index contributed by atoms with van der Waals surface area (Å²) < 4.78 is 7.88. The molecule has 4 aliphatic rings. The molecular formula is C28H36N6O2. The summed E-state index contributed by atoms with van der Waals surface area (Å²) in [6.45, 7) is 6.75. The molecule has 6 heterocycles. The highest BCUT2D eigenvalue weighted by molar-refractivity contribution is 5.98. The second-order valence-corrected chi connectivity index (χ2v) is 10.7. The average molecular weight is 489 g/mol. The van der Waals surface area contributed by atoms with Crippen LogP contribution in [-0.4, -0.2) is 94.8 Å². The molecule has 2 aromatic heterocycles. The molecule has 4 aliphatic heterocycles. The fourth-order valence-electron chi connectivity index (χ4n) is 5.92. The number of aromatic nitrogens is 2. The monoisotopic (exact) mass is 488 g/mol. The topological polar surface area (TPSA) is 65.9 Å². The van der Waals surface area contributed by atoms with Crippen molar-refractivity contribution in [3.8, 4) is 5.82 Å². The first-order valence-corrected chi connectivity index (χ1v) is 13.1. The Bertz CT molecular complexity index is 1210. The number of hydrogen-bond acceptors (Lipinski definition) is 6. The second-order valence-electron chi connectivity index (χ2n) is 10.7. The first-order chi connectivity index (χ1) is 17.4. The van der Waals surface area contributed by atoms with E-state index in [9.17, 15) is 4.79 Å². The quantitative estimate of drug-likeness (QED) is 0.574. The number of pyridine rings is 1. The van der Waals surface area contributed by atoms with Gasteiger partial charge in [0, 0.05) is 69.9 Å². The summed E-state index contributed by atoms with van der Waals surface area (Å²) in [7, 11) is 3.54. The van der Waals surface area contributed by atoms with Crippen molar-refractivity contribution in [3.05, 3.63) is 54.4 Å². The Hall–Kier alpha value is -2.94. The lowest BCUT2D eigenvalue weighted by molar-refractivity contribution is -0.197. The second kappa shape index (κ2) is 9.50. The van der Waals surface area contributed by atoms with Gasteiger partial charge in [-0.3, -0.25) is 14.6 Å². The molecule has 4 saturated heterocycles. The van der Waals surface area contributed by atoms with E-state index in [0.717, 1.165) is 61.4 Å². The van der Waals surface area contributed by atoms with Gasteiger partial charge in [-0.2, -0.15) is 0 Å². The Morgan fingerprint density at radius 1 is 1.08 bits per heavy atom. The van der Waals surface area contributed by atoms with Gasteiger partial charge in [0.15, 0.2) is 0 Å². The molecule has 8 heteroatoms. The Kier molecular flexibility index (Phi) is 6.19. The summed E-state index contributed by atoms with van der Waals surface area (Å²) in [5, 5.41) is 4.73. The van der Waals surface area contributed by atoms with Gasteiger partial charge in [0.1, 0.15) is 5.82 Å². The van der Waals surface area contributed by atoms with Crippen molar-refractivity contribution >= 4 is 22.5 Å². The standard InChI is InChI=1S/C28H36N6O2/c1-19(33-17-24-15-25(18-33)36-24)32-11-9-22(10-12-32)30-23-5-7-27(29-16-23)34-13-8-20-14-21(4-6-26(20)34)28(35)31(2)3/h4-8,13-14,16,19,22,24-25,30H,9-12,15,17-18H2,1-3H3. The highest BCUT2D eigenvalue weighted by atomic mass is 16.5. The molecule has 0 radical (unpaired) electrons.